The molecule has 1 atom stereocenters. The van der Waals surface area contributed by atoms with Gasteiger partial charge in [-0.2, -0.15) is 0 Å². The van der Waals surface area contributed by atoms with Gasteiger partial charge in [-0.25, -0.2) is 0 Å². The minimum Gasteiger partial charge on any atom is -0.345 e. The monoisotopic (exact) mass is 432 g/mol. The number of likely N-dealkylation sites (tertiary alicyclic amines) is 3. The summed E-state index contributed by atoms with van der Waals surface area (Å²) in [7, 11) is 1.94. The summed E-state index contributed by atoms with van der Waals surface area (Å²) >= 11 is 0. The van der Waals surface area contributed by atoms with Crippen molar-refractivity contribution in [1.82, 2.24) is 19.7 Å². The van der Waals surface area contributed by atoms with Crippen molar-refractivity contribution < 1.29 is 9.59 Å². The van der Waals surface area contributed by atoms with Crippen LogP contribution in [0.15, 0.2) is 48.8 Å². The van der Waals surface area contributed by atoms with Crippen molar-refractivity contribution in [1.29, 1.82) is 0 Å². The van der Waals surface area contributed by atoms with E-state index in [1.807, 2.05) is 60.3 Å². The Hall–Kier alpha value is -2.73. The van der Waals surface area contributed by atoms with Crippen LogP contribution in [0.25, 0.3) is 0 Å². The number of carbonyl (C=O) groups excluding carboxylic acids is 2. The molecule has 0 bridgehead atoms. The van der Waals surface area contributed by atoms with Gasteiger partial charge in [0.2, 0.25) is 5.91 Å². The maximum Gasteiger partial charge on any atom is 0.254 e. The predicted octanol–water partition coefficient (Wildman–Crippen LogP) is 2.98. The summed E-state index contributed by atoms with van der Waals surface area (Å²) in [5.74, 6) is 0.414. The lowest BCUT2D eigenvalue weighted by atomic mass is 9.60. The zero-order valence-corrected chi connectivity index (χ0v) is 19.1. The fourth-order valence-corrected chi connectivity index (χ4v) is 6.38. The van der Waals surface area contributed by atoms with Gasteiger partial charge >= 0.3 is 0 Å². The van der Waals surface area contributed by atoms with Crippen LogP contribution in [0.3, 0.4) is 0 Å². The largest absolute Gasteiger partial charge is 0.345 e. The molecule has 168 valence electrons. The van der Waals surface area contributed by atoms with Gasteiger partial charge in [0.1, 0.15) is 0 Å². The van der Waals surface area contributed by atoms with Crippen LogP contribution >= 0.6 is 0 Å². The molecule has 1 aromatic carbocycles. The highest BCUT2D eigenvalue weighted by molar-refractivity contribution is 5.95. The van der Waals surface area contributed by atoms with Crippen molar-refractivity contribution in [2.24, 2.45) is 10.8 Å². The van der Waals surface area contributed by atoms with Crippen LogP contribution in [0.2, 0.25) is 0 Å². The van der Waals surface area contributed by atoms with Crippen molar-refractivity contribution >= 4 is 11.8 Å². The summed E-state index contributed by atoms with van der Waals surface area (Å²) in [5, 5.41) is 0. The highest BCUT2D eigenvalue weighted by atomic mass is 16.2. The molecule has 0 radical (unpaired) electrons. The van der Waals surface area contributed by atoms with E-state index in [1.54, 1.807) is 6.20 Å². The molecule has 4 heterocycles. The van der Waals surface area contributed by atoms with Crippen LogP contribution < -0.4 is 0 Å². The fourth-order valence-electron chi connectivity index (χ4n) is 6.38. The Morgan fingerprint density at radius 1 is 1.03 bits per heavy atom. The van der Waals surface area contributed by atoms with E-state index in [0.717, 1.165) is 56.6 Å². The molecule has 0 aliphatic carbocycles. The molecule has 1 aromatic heterocycles. The second-order valence-corrected chi connectivity index (χ2v) is 9.95. The molecule has 3 aliphatic rings. The number of hydrogen-bond acceptors (Lipinski definition) is 4. The number of nitrogens with zero attached hydrogens (tertiary/aromatic N) is 4. The molecule has 3 saturated heterocycles. The second-order valence-electron chi connectivity index (χ2n) is 9.95. The molecular formula is C26H32N4O2. The topological polar surface area (TPSA) is 56.8 Å². The first-order chi connectivity index (χ1) is 15.4. The van der Waals surface area contributed by atoms with E-state index in [2.05, 4.69) is 16.0 Å². The molecule has 2 amide bonds. The van der Waals surface area contributed by atoms with Crippen molar-refractivity contribution in [2.75, 3.05) is 39.8 Å². The average molecular weight is 433 g/mol. The Balaban J connectivity index is 1.38. The minimum atomic E-state index is -0.332. The van der Waals surface area contributed by atoms with Crippen LogP contribution in [0, 0.1) is 17.8 Å². The number of piperidine rings is 1. The van der Waals surface area contributed by atoms with Gasteiger partial charge in [-0.1, -0.05) is 24.3 Å². The number of hydrogen-bond donors (Lipinski definition) is 0. The Kier molecular flexibility index (Phi) is 5.28. The van der Waals surface area contributed by atoms with E-state index in [0.29, 0.717) is 19.0 Å². The van der Waals surface area contributed by atoms with Gasteiger partial charge in [-0.15, -0.1) is 0 Å². The predicted molar refractivity (Wildman–Crippen MR) is 123 cm³/mol. The fraction of sp³-hybridized carbons (Fsp3) is 0.500. The average Bonchev–Trinajstić information content (AvgIpc) is 3.26. The van der Waals surface area contributed by atoms with Gasteiger partial charge in [0, 0.05) is 69.7 Å². The van der Waals surface area contributed by atoms with Crippen molar-refractivity contribution in [3.05, 3.63) is 65.5 Å². The third kappa shape index (κ3) is 3.32. The lowest BCUT2D eigenvalue weighted by Crippen LogP contribution is -2.53. The summed E-state index contributed by atoms with van der Waals surface area (Å²) < 4.78 is 0. The molecule has 6 nitrogen and oxygen atoms in total. The number of carbonyl (C=O) groups is 2. The van der Waals surface area contributed by atoms with Crippen molar-refractivity contribution in [3.8, 4) is 0 Å². The van der Waals surface area contributed by atoms with E-state index in [1.165, 1.54) is 5.56 Å². The lowest BCUT2D eigenvalue weighted by Gasteiger charge is -2.47. The maximum absolute atomic E-state index is 13.5. The number of aryl methyl sites for hydroxylation is 1. The summed E-state index contributed by atoms with van der Waals surface area (Å²) in [6.07, 6.45) is 6.40. The quantitative estimate of drug-likeness (QED) is 0.748. The zero-order valence-electron chi connectivity index (χ0n) is 19.1. The first-order valence-corrected chi connectivity index (χ1v) is 11.7. The van der Waals surface area contributed by atoms with E-state index >= 15 is 0 Å². The van der Waals surface area contributed by atoms with Gasteiger partial charge in [0.25, 0.3) is 5.91 Å². The number of pyridine rings is 1. The highest BCUT2D eigenvalue weighted by Gasteiger charge is 2.64. The molecule has 3 fully saturated rings. The zero-order chi connectivity index (χ0) is 22.3. The number of amides is 2. The van der Waals surface area contributed by atoms with Gasteiger partial charge in [0.15, 0.2) is 0 Å². The Bertz CT molecular complexity index is 1020. The molecule has 32 heavy (non-hydrogen) atoms. The summed E-state index contributed by atoms with van der Waals surface area (Å²) in [4.78, 5) is 37.3. The molecule has 3 aliphatic heterocycles. The van der Waals surface area contributed by atoms with Crippen LogP contribution in [0.1, 0.15) is 40.7 Å². The van der Waals surface area contributed by atoms with E-state index in [9.17, 15) is 9.59 Å². The van der Waals surface area contributed by atoms with Gasteiger partial charge in [-0.3, -0.25) is 19.5 Å². The lowest BCUT2D eigenvalue weighted by molar-refractivity contribution is -0.141. The Labute approximate surface area is 190 Å². The second kappa shape index (κ2) is 8.00. The highest BCUT2D eigenvalue weighted by Crippen LogP contribution is 2.57. The van der Waals surface area contributed by atoms with Crippen LogP contribution in [-0.4, -0.2) is 71.3 Å². The van der Waals surface area contributed by atoms with Crippen molar-refractivity contribution in [3.63, 3.8) is 0 Å². The third-order valence-corrected chi connectivity index (χ3v) is 8.18. The molecule has 0 saturated carbocycles. The van der Waals surface area contributed by atoms with E-state index in [4.69, 9.17) is 0 Å². The number of benzene rings is 1. The number of fused-ring (bicyclic) bond motifs is 1. The molecule has 2 aromatic rings. The van der Waals surface area contributed by atoms with Gasteiger partial charge in [-0.05, 0) is 49.4 Å². The van der Waals surface area contributed by atoms with Gasteiger partial charge < -0.3 is 9.80 Å². The number of rotatable bonds is 3. The van der Waals surface area contributed by atoms with Crippen LogP contribution in [0.5, 0.6) is 0 Å². The molecular weight excluding hydrogens is 400 g/mol. The molecule has 6 heteroatoms. The molecule has 0 N–H and O–H groups in total. The SMILES string of the molecule is Cc1ccccc1C(=O)N1CCC2(CC1)CN(Cc1cccnc1)CC21CCN(C)C1=O. The smallest absolute Gasteiger partial charge is 0.254 e. The summed E-state index contributed by atoms with van der Waals surface area (Å²) in [6.45, 7) is 6.78. The normalized spacial score (nSPS) is 25.2. The van der Waals surface area contributed by atoms with Crippen molar-refractivity contribution in [2.45, 2.75) is 32.7 Å². The van der Waals surface area contributed by atoms with Gasteiger partial charge in [0.05, 0.1) is 5.41 Å². The maximum atomic E-state index is 13.5. The summed E-state index contributed by atoms with van der Waals surface area (Å²) in [6, 6.07) is 11.9. The summed E-state index contributed by atoms with van der Waals surface area (Å²) in [5.41, 5.74) is 2.59. The Morgan fingerprint density at radius 2 is 1.81 bits per heavy atom. The standard InChI is InChI=1S/C26H32N4O2/c1-20-6-3-4-8-22(20)23(31)30-14-9-25(10-15-30)18-29(17-21-7-5-12-27-16-21)19-26(25)11-13-28(2)24(26)32/h3-8,12,16H,9-11,13-15,17-19H2,1-2H3. The van der Waals surface area contributed by atoms with E-state index in [-0.39, 0.29) is 16.7 Å². The van der Waals surface area contributed by atoms with Crippen LogP contribution in [0.4, 0.5) is 0 Å². The molecule has 1 unspecified atom stereocenters. The molecule has 5 rings (SSSR count). The molecule has 2 spiro atoms. The third-order valence-electron chi connectivity index (χ3n) is 8.18. The first kappa shape index (κ1) is 21.1. The van der Waals surface area contributed by atoms with E-state index < -0.39 is 0 Å². The van der Waals surface area contributed by atoms with Crippen LogP contribution in [-0.2, 0) is 11.3 Å². The number of aromatic nitrogens is 1. The minimum absolute atomic E-state index is 0.0699. The Morgan fingerprint density at radius 3 is 2.47 bits per heavy atom. The first-order valence-electron chi connectivity index (χ1n) is 11.7.